The van der Waals surface area contributed by atoms with Gasteiger partial charge in [-0.3, -0.25) is 0 Å². The third-order valence-corrected chi connectivity index (χ3v) is 9.85. The Morgan fingerprint density at radius 3 is 1.49 bits per heavy atom. The fourth-order valence-electron chi connectivity index (χ4n) is 5.35. The molecule has 0 unspecified atom stereocenters. The Morgan fingerprint density at radius 1 is 0.641 bits per heavy atom. The van der Waals surface area contributed by atoms with Crippen LogP contribution in [0.25, 0.3) is 9.81 Å². The predicted octanol–water partition coefficient (Wildman–Crippen LogP) is 11.9. The van der Waals surface area contributed by atoms with E-state index >= 15 is 0 Å². The van der Waals surface area contributed by atoms with E-state index in [2.05, 4.69) is 111 Å². The van der Waals surface area contributed by atoms with Gasteiger partial charge in [-0.15, -0.1) is 0 Å². The lowest BCUT2D eigenvalue weighted by atomic mass is 9.87. The molecule has 0 radical (unpaired) electrons. The maximum atomic E-state index is 9.60. The largest absolute Gasteiger partial charge is 0.396 e. The molecule has 216 valence electrons. The molecule has 0 fully saturated rings. The van der Waals surface area contributed by atoms with Crippen LogP contribution in [0.1, 0.15) is 125 Å². The fourth-order valence-corrected chi connectivity index (χ4v) is 8.43. The lowest BCUT2D eigenvalue weighted by molar-refractivity contribution is 0.147. The molecule has 0 amide bonds. The van der Waals surface area contributed by atoms with Crippen LogP contribution in [-0.2, 0) is 0 Å². The first kappa shape index (κ1) is 32.4. The predicted molar refractivity (Wildman–Crippen MR) is 179 cm³/mol. The average molecular weight is 567 g/mol. The molecule has 2 heterocycles. The van der Waals surface area contributed by atoms with E-state index in [1.165, 1.54) is 62.9 Å². The molecule has 0 bridgehead atoms. The minimum Gasteiger partial charge on any atom is -0.396 e. The Kier molecular flexibility index (Phi) is 11.0. The Labute approximate surface area is 249 Å². The molecule has 1 aromatic carbocycles. The zero-order valence-corrected chi connectivity index (χ0v) is 27.9. The SMILES string of the molecule is CC1(C)C=C(CCCCC(C)(C)C)SC(c2ccccc2C2=CC(C)(C)C=C(CCCCC(C)(C)CO)S2)=C1. The van der Waals surface area contributed by atoms with Crippen molar-refractivity contribution in [1.29, 1.82) is 0 Å². The minimum atomic E-state index is 0.0242. The second kappa shape index (κ2) is 13.2. The van der Waals surface area contributed by atoms with Crippen molar-refractivity contribution in [2.75, 3.05) is 6.61 Å². The Hall–Kier alpha value is -1.16. The van der Waals surface area contributed by atoms with Gasteiger partial charge in [-0.2, -0.15) is 0 Å². The molecule has 0 atom stereocenters. The summed E-state index contributed by atoms with van der Waals surface area (Å²) in [6.07, 6.45) is 19.5. The van der Waals surface area contributed by atoms with Crippen molar-refractivity contribution in [1.82, 2.24) is 0 Å². The van der Waals surface area contributed by atoms with Gasteiger partial charge in [-0.05, 0) is 70.3 Å². The van der Waals surface area contributed by atoms with Gasteiger partial charge in [0.25, 0.3) is 0 Å². The van der Waals surface area contributed by atoms with Crippen LogP contribution in [0, 0.1) is 21.7 Å². The van der Waals surface area contributed by atoms with Gasteiger partial charge in [-0.1, -0.05) is 147 Å². The maximum absolute atomic E-state index is 9.60. The summed E-state index contributed by atoms with van der Waals surface area (Å²) in [4.78, 5) is 5.81. The molecule has 0 aromatic heterocycles. The molecule has 1 nitrogen and oxygen atoms in total. The summed E-state index contributed by atoms with van der Waals surface area (Å²) in [5, 5.41) is 9.60. The highest BCUT2D eigenvalue weighted by molar-refractivity contribution is 8.12. The number of benzene rings is 1. The number of aliphatic hydroxyl groups excluding tert-OH is 1. The van der Waals surface area contributed by atoms with E-state index in [1.807, 2.05) is 23.5 Å². The number of allylic oxidation sites excluding steroid dienone is 6. The molecule has 2 aliphatic rings. The van der Waals surface area contributed by atoms with Crippen molar-refractivity contribution in [2.24, 2.45) is 21.7 Å². The van der Waals surface area contributed by atoms with Crippen molar-refractivity contribution in [3.05, 3.63) is 69.5 Å². The minimum absolute atomic E-state index is 0.0242. The number of thioether (sulfide) groups is 2. The van der Waals surface area contributed by atoms with E-state index in [-0.39, 0.29) is 22.9 Å². The molecule has 3 heteroatoms. The van der Waals surface area contributed by atoms with E-state index in [1.54, 1.807) is 0 Å². The normalized spacial score (nSPS) is 19.2. The van der Waals surface area contributed by atoms with Crippen molar-refractivity contribution in [2.45, 2.75) is 114 Å². The third-order valence-electron chi connectivity index (χ3n) is 7.57. The van der Waals surface area contributed by atoms with Gasteiger partial charge in [0.2, 0.25) is 0 Å². The summed E-state index contributed by atoms with van der Waals surface area (Å²) in [6, 6.07) is 9.06. The summed E-state index contributed by atoms with van der Waals surface area (Å²) in [7, 11) is 0. The summed E-state index contributed by atoms with van der Waals surface area (Å²) in [6.45, 7) is 21.0. The van der Waals surface area contributed by atoms with Crippen LogP contribution in [-0.4, -0.2) is 11.7 Å². The number of unbranched alkanes of at least 4 members (excludes halogenated alkanes) is 2. The molecular formula is C36H54OS2. The quantitative estimate of drug-likeness (QED) is 0.254. The van der Waals surface area contributed by atoms with Crippen molar-refractivity contribution in [3.8, 4) is 0 Å². The van der Waals surface area contributed by atoms with Crippen molar-refractivity contribution in [3.63, 3.8) is 0 Å². The smallest absolute Gasteiger partial charge is 0.0482 e. The van der Waals surface area contributed by atoms with Crippen LogP contribution >= 0.6 is 23.5 Å². The molecule has 0 saturated carbocycles. The molecule has 2 aliphatic heterocycles. The van der Waals surface area contributed by atoms with E-state index in [0.29, 0.717) is 5.41 Å². The number of rotatable bonds is 12. The first-order valence-corrected chi connectivity index (χ1v) is 16.7. The molecule has 0 aliphatic carbocycles. The van der Waals surface area contributed by atoms with Crippen LogP contribution in [0.15, 0.2) is 58.4 Å². The van der Waals surface area contributed by atoms with Crippen LogP contribution in [0.2, 0.25) is 0 Å². The van der Waals surface area contributed by atoms with Crippen LogP contribution in [0.3, 0.4) is 0 Å². The highest BCUT2D eigenvalue weighted by atomic mass is 32.2. The Bertz CT molecular complexity index is 1110. The monoisotopic (exact) mass is 566 g/mol. The van der Waals surface area contributed by atoms with Gasteiger partial charge in [-0.25, -0.2) is 0 Å². The molecule has 3 rings (SSSR count). The van der Waals surface area contributed by atoms with Gasteiger partial charge in [0, 0.05) is 27.2 Å². The molecule has 0 spiro atoms. The lowest BCUT2D eigenvalue weighted by Gasteiger charge is -2.30. The van der Waals surface area contributed by atoms with Crippen molar-refractivity contribution < 1.29 is 5.11 Å². The second-order valence-electron chi connectivity index (χ2n) is 14.9. The standard InChI is InChI=1S/C36H54OS2/c1-33(2,3)20-14-12-16-27-22-35(6,7)24-31(38-27)29-18-10-11-19-30(29)32-25-36(8,9)23-28(39-32)17-13-15-21-34(4,5)26-37/h10-11,18-19,22-25,37H,12-17,20-21,26H2,1-9H3. The number of aliphatic hydroxyl groups is 1. The molecular weight excluding hydrogens is 513 g/mol. The number of hydrogen-bond donors (Lipinski definition) is 1. The zero-order valence-electron chi connectivity index (χ0n) is 26.2. The summed E-state index contributed by atoms with van der Waals surface area (Å²) in [5.74, 6) is 0. The second-order valence-corrected chi connectivity index (χ2v) is 17.3. The molecule has 0 saturated heterocycles. The molecule has 1 N–H and O–H groups in total. The summed E-state index contributed by atoms with van der Waals surface area (Å²) >= 11 is 3.97. The Morgan fingerprint density at radius 2 is 1.08 bits per heavy atom. The third kappa shape index (κ3) is 10.6. The van der Waals surface area contributed by atoms with Gasteiger partial charge < -0.3 is 5.11 Å². The van der Waals surface area contributed by atoms with Gasteiger partial charge in [0.15, 0.2) is 0 Å². The summed E-state index contributed by atoms with van der Waals surface area (Å²) in [5.41, 5.74) is 3.28. The average Bonchev–Trinajstić information content (AvgIpc) is 2.82. The molecule has 39 heavy (non-hydrogen) atoms. The van der Waals surface area contributed by atoms with E-state index in [9.17, 15) is 5.11 Å². The van der Waals surface area contributed by atoms with Crippen LogP contribution in [0.4, 0.5) is 0 Å². The van der Waals surface area contributed by atoms with E-state index < -0.39 is 0 Å². The Balaban J connectivity index is 1.75. The van der Waals surface area contributed by atoms with Crippen LogP contribution < -0.4 is 0 Å². The van der Waals surface area contributed by atoms with Gasteiger partial charge in [0.05, 0.1) is 0 Å². The first-order valence-electron chi connectivity index (χ1n) is 15.0. The van der Waals surface area contributed by atoms with E-state index in [0.717, 1.165) is 19.3 Å². The number of hydrogen-bond acceptors (Lipinski definition) is 3. The van der Waals surface area contributed by atoms with Gasteiger partial charge in [0.1, 0.15) is 0 Å². The highest BCUT2D eigenvalue weighted by Gasteiger charge is 2.27. The highest BCUT2D eigenvalue weighted by Crippen LogP contribution is 2.51. The maximum Gasteiger partial charge on any atom is 0.0482 e. The zero-order chi connectivity index (χ0) is 28.9. The van der Waals surface area contributed by atoms with E-state index in [4.69, 9.17) is 0 Å². The first-order chi connectivity index (χ1) is 18.1. The van der Waals surface area contributed by atoms with Gasteiger partial charge >= 0.3 is 0 Å². The lowest BCUT2D eigenvalue weighted by Crippen LogP contribution is -2.16. The molecule has 1 aromatic rings. The topological polar surface area (TPSA) is 20.2 Å². The summed E-state index contributed by atoms with van der Waals surface area (Å²) < 4.78 is 0. The fraction of sp³-hybridized carbons (Fsp3) is 0.611. The van der Waals surface area contributed by atoms with Crippen LogP contribution in [0.5, 0.6) is 0 Å². The van der Waals surface area contributed by atoms with Crippen molar-refractivity contribution >= 4 is 33.3 Å².